The third kappa shape index (κ3) is 4.72. The van der Waals surface area contributed by atoms with Crippen molar-refractivity contribution in [2.45, 2.75) is 18.9 Å². The number of halogens is 1. The van der Waals surface area contributed by atoms with Crippen LogP contribution in [0.15, 0.2) is 30.6 Å². The maximum absolute atomic E-state index is 14.6. The highest BCUT2D eigenvalue weighted by Gasteiger charge is 2.25. The molecule has 0 atom stereocenters. The molecule has 2 aromatic heterocycles. The Morgan fingerprint density at radius 3 is 2.52 bits per heavy atom. The van der Waals surface area contributed by atoms with Gasteiger partial charge in [0.15, 0.2) is 5.82 Å². The molecule has 0 spiro atoms. The zero-order valence-corrected chi connectivity index (χ0v) is 18.4. The van der Waals surface area contributed by atoms with Crippen LogP contribution in [0.5, 0.6) is 0 Å². The monoisotopic (exact) mass is 445 g/mol. The Balaban J connectivity index is 1.57. The average molecular weight is 446 g/mol. The van der Waals surface area contributed by atoms with Crippen molar-refractivity contribution in [1.82, 2.24) is 24.2 Å². The highest BCUT2D eigenvalue weighted by molar-refractivity contribution is 7.88. The number of fused-ring (bicyclic) bond motifs is 1. The van der Waals surface area contributed by atoms with Crippen LogP contribution < -0.4 is 10.2 Å². The Bertz CT molecular complexity index is 1210. The Morgan fingerprint density at radius 2 is 1.84 bits per heavy atom. The number of hydrogen-bond acceptors (Lipinski definition) is 8. The molecule has 1 fully saturated rings. The van der Waals surface area contributed by atoms with Gasteiger partial charge in [0.25, 0.3) is 0 Å². The number of sulfonamides is 1. The van der Waals surface area contributed by atoms with Crippen molar-refractivity contribution in [3.8, 4) is 11.3 Å². The highest BCUT2D eigenvalue weighted by atomic mass is 32.2. The van der Waals surface area contributed by atoms with Gasteiger partial charge in [-0.1, -0.05) is 6.07 Å². The number of rotatable bonds is 5. The molecule has 3 aromatic rings. The number of piperidine rings is 1. The normalized spacial score (nSPS) is 15.9. The summed E-state index contributed by atoms with van der Waals surface area (Å²) in [6, 6.07) is 5.31. The van der Waals surface area contributed by atoms with Gasteiger partial charge in [-0.05, 0) is 25.0 Å². The fourth-order valence-corrected chi connectivity index (χ4v) is 4.39. The Hall–Kier alpha value is -2.92. The molecule has 31 heavy (non-hydrogen) atoms. The topological polar surface area (TPSA) is 104 Å². The first-order valence-corrected chi connectivity index (χ1v) is 11.7. The van der Waals surface area contributed by atoms with Gasteiger partial charge in [-0.25, -0.2) is 32.1 Å². The lowest BCUT2D eigenvalue weighted by Crippen LogP contribution is -2.42. The van der Waals surface area contributed by atoms with E-state index < -0.39 is 15.8 Å². The minimum Gasteiger partial charge on any atom is -0.361 e. The zero-order valence-electron chi connectivity index (χ0n) is 17.6. The lowest BCUT2D eigenvalue weighted by atomic mass is 10.1. The van der Waals surface area contributed by atoms with Crippen LogP contribution in [-0.2, 0) is 10.0 Å². The van der Waals surface area contributed by atoms with Crippen LogP contribution in [0.1, 0.15) is 12.8 Å². The first-order chi connectivity index (χ1) is 14.7. The fraction of sp³-hybridized carbons (Fsp3) is 0.400. The number of benzene rings is 1. The molecule has 0 unspecified atom stereocenters. The van der Waals surface area contributed by atoms with Crippen LogP contribution in [0, 0.1) is 5.82 Å². The van der Waals surface area contributed by atoms with Gasteiger partial charge < -0.3 is 10.2 Å². The van der Waals surface area contributed by atoms with Gasteiger partial charge in [0, 0.05) is 38.8 Å². The molecule has 11 heteroatoms. The standard InChI is InChI=1S/C20H24FN7O2S/c1-27(2)18-12-22-16-5-4-13(10-17(16)25-18)19-15(21)11-23-20(26-19)24-14-6-8-28(9-7-14)31(3,29)30/h4-5,10-12,14H,6-9H2,1-3H3,(H,23,24,26). The molecule has 164 valence electrons. The predicted molar refractivity (Wildman–Crippen MR) is 118 cm³/mol. The third-order valence-electron chi connectivity index (χ3n) is 5.26. The molecule has 0 saturated carbocycles. The van der Waals surface area contributed by atoms with Gasteiger partial charge in [-0.3, -0.25) is 4.98 Å². The van der Waals surface area contributed by atoms with Crippen molar-refractivity contribution < 1.29 is 12.8 Å². The number of nitrogens with one attached hydrogen (secondary N) is 1. The van der Waals surface area contributed by atoms with Gasteiger partial charge in [-0.15, -0.1) is 0 Å². The van der Waals surface area contributed by atoms with Gasteiger partial charge in [0.1, 0.15) is 11.5 Å². The minimum atomic E-state index is -3.19. The second kappa shape index (κ2) is 8.31. The van der Waals surface area contributed by atoms with Crippen LogP contribution in [0.2, 0.25) is 0 Å². The number of nitrogens with zero attached hydrogens (tertiary/aromatic N) is 6. The molecule has 1 aliphatic heterocycles. The van der Waals surface area contributed by atoms with E-state index in [2.05, 4.69) is 25.3 Å². The summed E-state index contributed by atoms with van der Waals surface area (Å²) >= 11 is 0. The van der Waals surface area contributed by atoms with E-state index in [9.17, 15) is 12.8 Å². The first kappa shape index (κ1) is 21.3. The van der Waals surface area contributed by atoms with Crippen molar-refractivity contribution in [2.75, 3.05) is 43.7 Å². The molecular formula is C20H24FN7O2S. The lowest BCUT2D eigenvalue weighted by molar-refractivity contribution is 0.331. The van der Waals surface area contributed by atoms with E-state index in [0.29, 0.717) is 54.3 Å². The molecule has 1 aromatic carbocycles. The lowest BCUT2D eigenvalue weighted by Gasteiger charge is -2.30. The summed E-state index contributed by atoms with van der Waals surface area (Å²) in [4.78, 5) is 19.2. The molecule has 1 saturated heterocycles. The minimum absolute atomic E-state index is 0.0152. The highest BCUT2D eigenvalue weighted by Crippen LogP contribution is 2.26. The van der Waals surface area contributed by atoms with Crippen molar-refractivity contribution in [3.05, 3.63) is 36.4 Å². The van der Waals surface area contributed by atoms with Gasteiger partial charge >= 0.3 is 0 Å². The molecule has 9 nitrogen and oxygen atoms in total. The molecule has 3 heterocycles. The largest absolute Gasteiger partial charge is 0.361 e. The Morgan fingerprint density at radius 1 is 1.10 bits per heavy atom. The van der Waals surface area contributed by atoms with Crippen molar-refractivity contribution >= 4 is 32.8 Å². The first-order valence-electron chi connectivity index (χ1n) is 9.89. The van der Waals surface area contributed by atoms with Crippen LogP contribution in [0.4, 0.5) is 16.2 Å². The second-order valence-electron chi connectivity index (χ2n) is 7.80. The number of aromatic nitrogens is 4. The molecule has 4 rings (SSSR count). The summed E-state index contributed by atoms with van der Waals surface area (Å²) in [5, 5.41) is 3.21. The quantitative estimate of drug-likeness (QED) is 0.637. The molecule has 0 aliphatic carbocycles. The summed E-state index contributed by atoms with van der Waals surface area (Å²) in [7, 11) is 0.568. The molecule has 1 aliphatic rings. The van der Waals surface area contributed by atoms with E-state index in [1.807, 2.05) is 19.0 Å². The van der Waals surface area contributed by atoms with E-state index in [-0.39, 0.29) is 11.7 Å². The molecule has 0 amide bonds. The van der Waals surface area contributed by atoms with Gasteiger partial charge in [0.2, 0.25) is 16.0 Å². The molecule has 1 N–H and O–H groups in total. The molecule has 0 radical (unpaired) electrons. The summed E-state index contributed by atoms with van der Waals surface area (Å²) in [6.45, 7) is 0.865. The second-order valence-corrected chi connectivity index (χ2v) is 9.78. The van der Waals surface area contributed by atoms with Crippen LogP contribution in [-0.4, -0.2) is 72.1 Å². The predicted octanol–water partition coefficient (Wildman–Crippen LogP) is 2.13. The van der Waals surface area contributed by atoms with Crippen LogP contribution in [0.25, 0.3) is 22.3 Å². The smallest absolute Gasteiger partial charge is 0.223 e. The zero-order chi connectivity index (χ0) is 22.2. The SMILES string of the molecule is CN(C)c1cnc2ccc(-c3nc(NC4CCN(S(C)(=O)=O)CC4)ncc3F)cc2n1. The summed E-state index contributed by atoms with van der Waals surface area (Å²) < 4.78 is 39.3. The Labute approximate surface area is 180 Å². The third-order valence-corrected chi connectivity index (χ3v) is 6.56. The maximum Gasteiger partial charge on any atom is 0.223 e. The van der Waals surface area contributed by atoms with E-state index in [1.165, 1.54) is 10.6 Å². The van der Waals surface area contributed by atoms with E-state index in [4.69, 9.17) is 0 Å². The van der Waals surface area contributed by atoms with E-state index >= 15 is 0 Å². The number of anilines is 2. The van der Waals surface area contributed by atoms with Crippen molar-refractivity contribution in [3.63, 3.8) is 0 Å². The maximum atomic E-state index is 14.6. The van der Waals surface area contributed by atoms with E-state index in [0.717, 1.165) is 6.20 Å². The van der Waals surface area contributed by atoms with Crippen molar-refractivity contribution in [2.24, 2.45) is 0 Å². The van der Waals surface area contributed by atoms with Crippen LogP contribution >= 0.6 is 0 Å². The van der Waals surface area contributed by atoms with Crippen molar-refractivity contribution in [1.29, 1.82) is 0 Å². The van der Waals surface area contributed by atoms with Gasteiger partial charge in [0.05, 0.1) is 29.7 Å². The van der Waals surface area contributed by atoms with Gasteiger partial charge in [-0.2, -0.15) is 0 Å². The molecular weight excluding hydrogens is 421 g/mol. The average Bonchev–Trinajstić information content (AvgIpc) is 2.74. The molecule has 0 bridgehead atoms. The fourth-order valence-electron chi connectivity index (χ4n) is 3.52. The summed E-state index contributed by atoms with van der Waals surface area (Å²) in [5.41, 5.74) is 2.10. The van der Waals surface area contributed by atoms with Crippen LogP contribution in [0.3, 0.4) is 0 Å². The summed E-state index contributed by atoms with van der Waals surface area (Å²) in [6.07, 6.45) is 5.29. The number of hydrogen-bond donors (Lipinski definition) is 1. The summed E-state index contributed by atoms with van der Waals surface area (Å²) in [5.74, 6) is 0.478. The van der Waals surface area contributed by atoms with E-state index in [1.54, 1.807) is 24.4 Å². The Kier molecular flexibility index (Phi) is 5.71.